The molecule has 0 radical (unpaired) electrons. The standard InChI is InChI=1S/C22H20N2O5/c1-15-4-3-5-17(12-15)23-22(25)14-29-21-11-8-18(24(26)27)13-20(21)16-6-9-19(28-2)10-7-16/h3-13H,14H2,1-2H3,(H,23,25). The summed E-state index contributed by atoms with van der Waals surface area (Å²) in [6.45, 7) is 1.71. The SMILES string of the molecule is COc1ccc(-c2cc([N+](=O)[O-])ccc2OCC(=O)Nc2cccc(C)c2)cc1. The Balaban J connectivity index is 1.80. The number of non-ortho nitro benzene ring substituents is 1. The van der Waals surface area contributed by atoms with Gasteiger partial charge in [0.15, 0.2) is 6.61 Å². The van der Waals surface area contributed by atoms with E-state index in [-0.39, 0.29) is 18.2 Å². The first-order valence-corrected chi connectivity index (χ1v) is 8.88. The zero-order chi connectivity index (χ0) is 20.8. The van der Waals surface area contributed by atoms with Crippen molar-refractivity contribution in [1.29, 1.82) is 0 Å². The van der Waals surface area contributed by atoms with Crippen molar-refractivity contribution in [1.82, 2.24) is 0 Å². The van der Waals surface area contributed by atoms with Crippen molar-refractivity contribution in [3.63, 3.8) is 0 Å². The van der Waals surface area contributed by atoms with Crippen LogP contribution in [-0.4, -0.2) is 24.5 Å². The Kier molecular flexibility index (Phi) is 6.09. The van der Waals surface area contributed by atoms with Crippen LogP contribution in [0.3, 0.4) is 0 Å². The van der Waals surface area contributed by atoms with Gasteiger partial charge in [0.2, 0.25) is 0 Å². The molecule has 0 heterocycles. The summed E-state index contributed by atoms with van der Waals surface area (Å²) in [5.41, 5.74) is 2.87. The highest BCUT2D eigenvalue weighted by Gasteiger charge is 2.15. The first-order valence-electron chi connectivity index (χ1n) is 8.88. The van der Waals surface area contributed by atoms with Gasteiger partial charge in [-0.15, -0.1) is 0 Å². The molecule has 148 valence electrons. The topological polar surface area (TPSA) is 90.7 Å². The van der Waals surface area contributed by atoms with Crippen LogP contribution < -0.4 is 14.8 Å². The number of amides is 1. The molecule has 3 aromatic carbocycles. The second-order valence-electron chi connectivity index (χ2n) is 6.37. The van der Waals surface area contributed by atoms with Gasteiger partial charge >= 0.3 is 0 Å². The molecule has 29 heavy (non-hydrogen) atoms. The largest absolute Gasteiger partial charge is 0.497 e. The molecule has 0 fully saturated rings. The molecule has 0 atom stereocenters. The van der Waals surface area contributed by atoms with Crippen LogP contribution in [-0.2, 0) is 4.79 Å². The third-order valence-corrected chi connectivity index (χ3v) is 4.24. The van der Waals surface area contributed by atoms with Gasteiger partial charge in [0.05, 0.1) is 12.0 Å². The highest BCUT2D eigenvalue weighted by Crippen LogP contribution is 2.34. The lowest BCUT2D eigenvalue weighted by Gasteiger charge is -2.12. The highest BCUT2D eigenvalue weighted by atomic mass is 16.6. The number of rotatable bonds is 7. The predicted molar refractivity (Wildman–Crippen MR) is 110 cm³/mol. The molecule has 0 aliphatic rings. The number of carbonyl (C=O) groups is 1. The van der Waals surface area contributed by atoms with Gasteiger partial charge in [-0.25, -0.2) is 0 Å². The molecule has 3 aromatic rings. The number of ether oxygens (including phenoxy) is 2. The highest BCUT2D eigenvalue weighted by molar-refractivity contribution is 5.92. The first-order chi connectivity index (χ1) is 14.0. The van der Waals surface area contributed by atoms with E-state index in [0.717, 1.165) is 5.56 Å². The smallest absolute Gasteiger partial charge is 0.270 e. The quantitative estimate of drug-likeness (QED) is 0.469. The number of aryl methyl sites for hydroxylation is 1. The zero-order valence-electron chi connectivity index (χ0n) is 16.0. The van der Waals surface area contributed by atoms with Gasteiger partial charge in [-0.05, 0) is 48.4 Å². The minimum absolute atomic E-state index is 0.0626. The molecule has 0 aliphatic heterocycles. The predicted octanol–water partition coefficient (Wildman–Crippen LogP) is 4.60. The lowest BCUT2D eigenvalue weighted by molar-refractivity contribution is -0.384. The second kappa shape index (κ2) is 8.88. The number of nitro benzene ring substituents is 1. The van der Waals surface area contributed by atoms with Gasteiger partial charge in [0.1, 0.15) is 11.5 Å². The maximum absolute atomic E-state index is 12.2. The third kappa shape index (κ3) is 5.10. The molecular formula is C22H20N2O5. The number of hydrogen-bond donors (Lipinski definition) is 1. The summed E-state index contributed by atoms with van der Waals surface area (Å²) in [4.78, 5) is 22.9. The Morgan fingerprint density at radius 1 is 1.07 bits per heavy atom. The summed E-state index contributed by atoms with van der Waals surface area (Å²) < 4.78 is 10.8. The van der Waals surface area contributed by atoms with Crippen molar-refractivity contribution in [2.24, 2.45) is 0 Å². The fourth-order valence-corrected chi connectivity index (χ4v) is 2.82. The second-order valence-corrected chi connectivity index (χ2v) is 6.37. The molecule has 0 unspecified atom stereocenters. The number of benzene rings is 3. The normalized spacial score (nSPS) is 10.3. The van der Waals surface area contributed by atoms with Crippen molar-refractivity contribution in [2.45, 2.75) is 6.92 Å². The molecule has 0 saturated heterocycles. The summed E-state index contributed by atoms with van der Waals surface area (Å²) in [5, 5.41) is 13.9. The molecule has 1 N–H and O–H groups in total. The lowest BCUT2D eigenvalue weighted by atomic mass is 10.0. The molecular weight excluding hydrogens is 372 g/mol. The summed E-state index contributed by atoms with van der Waals surface area (Å²) in [6.07, 6.45) is 0. The minimum Gasteiger partial charge on any atom is -0.497 e. The molecule has 1 amide bonds. The molecule has 0 aromatic heterocycles. The molecule has 7 nitrogen and oxygen atoms in total. The van der Waals surface area contributed by atoms with E-state index in [1.54, 1.807) is 37.4 Å². The van der Waals surface area contributed by atoms with E-state index in [0.29, 0.717) is 28.3 Å². The van der Waals surface area contributed by atoms with Crippen molar-refractivity contribution in [3.8, 4) is 22.6 Å². The number of nitrogens with zero attached hydrogens (tertiary/aromatic N) is 1. The fourth-order valence-electron chi connectivity index (χ4n) is 2.82. The summed E-state index contributed by atoms with van der Waals surface area (Å²) in [5.74, 6) is 0.717. The van der Waals surface area contributed by atoms with Gasteiger partial charge in [-0.2, -0.15) is 0 Å². The van der Waals surface area contributed by atoms with Crippen molar-refractivity contribution in [3.05, 3.63) is 82.4 Å². The van der Waals surface area contributed by atoms with E-state index in [4.69, 9.17) is 9.47 Å². The fraction of sp³-hybridized carbons (Fsp3) is 0.136. The minimum atomic E-state index is -0.471. The maximum Gasteiger partial charge on any atom is 0.270 e. The molecule has 7 heteroatoms. The molecule has 3 rings (SSSR count). The average Bonchev–Trinajstić information content (AvgIpc) is 2.72. The molecule has 0 bridgehead atoms. The van der Waals surface area contributed by atoms with Crippen molar-refractivity contribution >= 4 is 17.3 Å². The summed E-state index contributed by atoms with van der Waals surface area (Å²) in [6, 6.07) is 18.8. The number of hydrogen-bond acceptors (Lipinski definition) is 5. The Hall–Kier alpha value is -3.87. The maximum atomic E-state index is 12.2. The number of methoxy groups -OCH3 is 1. The number of nitrogens with one attached hydrogen (secondary N) is 1. The zero-order valence-corrected chi connectivity index (χ0v) is 16.0. The van der Waals surface area contributed by atoms with Crippen molar-refractivity contribution < 1.29 is 19.2 Å². The van der Waals surface area contributed by atoms with Crippen LogP contribution in [0.1, 0.15) is 5.56 Å². The number of anilines is 1. The Labute approximate surface area is 168 Å². The van der Waals surface area contributed by atoms with Crippen LogP contribution in [0.25, 0.3) is 11.1 Å². The molecule has 0 aliphatic carbocycles. The van der Waals surface area contributed by atoms with E-state index in [1.807, 2.05) is 25.1 Å². The lowest BCUT2D eigenvalue weighted by Crippen LogP contribution is -2.20. The van der Waals surface area contributed by atoms with Crippen LogP contribution in [0.2, 0.25) is 0 Å². The van der Waals surface area contributed by atoms with Crippen LogP contribution in [0, 0.1) is 17.0 Å². The van der Waals surface area contributed by atoms with E-state index in [9.17, 15) is 14.9 Å². The van der Waals surface area contributed by atoms with Gasteiger partial charge in [-0.3, -0.25) is 14.9 Å². The van der Waals surface area contributed by atoms with Gasteiger partial charge in [0.25, 0.3) is 11.6 Å². The Bertz CT molecular complexity index is 1030. The van der Waals surface area contributed by atoms with Gasteiger partial charge in [-0.1, -0.05) is 24.3 Å². The van der Waals surface area contributed by atoms with Crippen LogP contribution in [0.4, 0.5) is 11.4 Å². The van der Waals surface area contributed by atoms with Gasteiger partial charge in [0, 0.05) is 23.4 Å². The number of nitro groups is 1. The summed E-state index contributed by atoms with van der Waals surface area (Å²) in [7, 11) is 1.56. The van der Waals surface area contributed by atoms with Crippen LogP contribution in [0.5, 0.6) is 11.5 Å². The van der Waals surface area contributed by atoms with E-state index in [1.165, 1.54) is 18.2 Å². The average molecular weight is 392 g/mol. The number of carbonyl (C=O) groups excluding carboxylic acids is 1. The monoisotopic (exact) mass is 392 g/mol. The third-order valence-electron chi connectivity index (χ3n) is 4.24. The van der Waals surface area contributed by atoms with Crippen LogP contribution in [0.15, 0.2) is 66.7 Å². The van der Waals surface area contributed by atoms with E-state index < -0.39 is 4.92 Å². The van der Waals surface area contributed by atoms with E-state index in [2.05, 4.69) is 5.32 Å². The Morgan fingerprint density at radius 3 is 2.48 bits per heavy atom. The molecule has 0 spiro atoms. The Morgan fingerprint density at radius 2 is 1.83 bits per heavy atom. The van der Waals surface area contributed by atoms with Gasteiger partial charge < -0.3 is 14.8 Å². The summed E-state index contributed by atoms with van der Waals surface area (Å²) >= 11 is 0. The van der Waals surface area contributed by atoms with E-state index >= 15 is 0 Å². The molecule has 0 saturated carbocycles. The van der Waals surface area contributed by atoms with Crippen molar-refractivity contribution in [2.75, 3.05) is 19.0 Å². The first kappa shape index (κ1) is 19.9. The van der Waals surface area contributed by atoms with Crippen LogP contribution >= 0.6 is 0 Å².